The van der Waals surface area contributed by atoms with Crippen molar-refractivity contribution in [3.63, 3.8) is 0 Å². The van der Waals surface area contributed by atoms with Gasteiger partial charge in [-0.25, -0.2) is 0 Å². The fourth-order valence-corrected chi connectivity index (χ4v) is 2.11. The Balaban J connectivity index is 1.99. The molecule has 1 rings (SSSR count). The highest BCUT2D eigenvalue weighted by atomic mass is 32.2. The zero-order chi connectivity index (χ0) is 13.1. The van der Waals surface area contributed by atoms with Gasteiger partial charge in [0.05, 0.1) is 19.0 Å². The molecule has 0 saturated heterocycles. The molecule has 0 radical (unpaired) electrons. The number of hydrogen-bond donors (Lipinski definition) is 2. The number of carbonyl (C=O) groups excluding carboxylic acids is 1. The second kappa shape index (κ2) is 9.51. The van der Waals surface area contributed by atoms with Crippen molar-refractivity contribution >= 4 is 17.7 Å². The van der Waals surface area contributed by atoms with Gasteiger partial charge in [-0.15, -0.1) is 11.8 Å². The summed E-state index contributed by atoms with van der Waals surface area (Å²) < 4.78 is 0. The third-order valence-corrected chi connectivity index (χ3v) is 3.15. The maximum absolute atomic E-state index is 11.3. The van der Waals surface area contributed by atoms with Crippen molar-refractivity contribution < 1.29 is 4.79 Å². The minimum atomic E-state index is -0.0602. The van der Waals surface area contributed by atoms with E-state index in [1.807, 2.05) is 24.3 Å². The minimum Gasteiger partial charge on any atom is -0.354 e. The summed E-state index contributed by atoms with van der Waals surface area (Å²) in [6, 6.07) is 12.1. The van der Waals surface area contributed by atoms with Crippen LogP contribution in [0.15, 0.2) is 35.2 Å². The van der Waals surface area contributed by atoms with Crippen LogP contribution >= 0.6 is 11.8 Å². The third-order valence-electron chi connectivity index (χ3n) is 2.14. The van der Waals surface area contributed by atoms with Gasteiger partial charge in [0, 0.05) is 23.7 Å². The van der Waals surface area contributed by atoms with Crippen LogP contribution in [0.3, 0.4) is 0 Å². The second-order valence-corrected chi connectivity index (χ2v) is 4.76. The van der Waals surface area contributed by atoms with Crippen LogP contribution in [0.4, 0.5) is 0 Å². The second-order valence-electron chi connectivity index (χ2n) is 3.60. The van der Waals surface area contributed by atoms with Gasteiger partial charge in [0.2, 0.25) is 5.91 Å². The van der Waals surface area contributed by atoms with Crippen LogP contribution in [0.5, 0.6) is 0 Å². The number of nitriles is 1. The Kier molecular flexibility index (Phi) is 7.69. The summed E-state index contributed by atoms with van der Waals surface area (Å²) in [5.74, 6) is 0.866. The normalized spacial score (nSPS) is 9.72. The average molecular weight is 263 g/mol. The fourth-order valence-electron chi connectivity index (χ4n) is 1.28. The highest BCUT2D eigenvalue weighted by Crippen LogP contribution is 2.15. The standard InChI is InChI=1S/C13H17N3OS/c14-7-4-8-16-13(17)11-15-9-10-18-12-5-2-1-3-6-12/h1-3,5-6,15H,4,8-11H2,(H,16,17). The lowest BCUT2D eigenvalue weighted by molar-refractivity contribution is -0.120. The predicted octanol–water partition coefficient (Wildman–Crippen LogP) is 1.40. The highest BCUT2D eigenvalue weighted by Gasteiger charge is 1.99. The van der Waals surface area contributed by atoms with Crippen LogP contribution in [-0.4, -0.2) is 31.3 Å². The Bertz CT molecular complexity index is 389. The van der Waals surface area contributed by atoms with Gasteiger partial charge in [-0.05, 0) is 12.1 Å². The third kappa shape index (κ3) is 6.94. The van der Waals surface area contributed by atoms with E-state index < -0.39 is 0 Å². The molecule has 0 spiro atoms. The largest absolute Gasteiger partial charge is 0.354 e. The zero-order valence-electron chi connectivity index (χ0n) is 10.2. The minimum absolute atomic E-state index is 0.0602. The van der Waals surface area contributed by atoms with E-state index in [1.54, 1.807) is 11.8 Å². The highest BCUT2D eigenvalue weighted by molar-refractivity contribution is 7.99. The summed E-state index contributed by atoms with van der Waals surface area (Å²) in [4.78, 5) is 12.5. The first-order valence-corrected chi connectivity index (χ1v) is 6.83. The van der Waals surface area contributed by atoms with Crippen LogP contribution < -0.4 is 10.6 Å². The summed E-state index contributed by atoms with van der Waals surface area (Å²) in [6.07, 6.45) is 0.357. The van der Waals surface area contributed by atoms with E-state index >= 15 is 0 Å². The van der Waals surface area contributed by atoms with Crippen LogP contribution in [0.1, 0.15) is 6.42 Å². The van der Waals surface area contributed by atoms with Gasteiger partial charge in [-0.3, -0.25) is 4.79 Å². The Morgan fingerprint density at radius 2 is 2.06 bits per heavy atom. The van der Waals surface area contributed by atoms with E-state index in [9.17, 15) is 4.79 Å². The molecule has 0 fully saturated rings. The van der Waals surface area contributed by atoms with Gasteiger partial charge in [0.15, 0.2) is 0 Å². The molecule has 1 aromatic carbocycles. The molecule has 18 heavy (non-hydrogen) atoms. The molecule has 1 amide bonds. The zero-order valence-corrected chi connectivity index (χ0v) is 11.0. The molecule has 0 saturated carbocycles. The van der Waals surface area contributed by atoms with E-state index in [-0.39, 0.29) is 5.91 Å². The molecule has 2 N–H and O–H groups in total. The van der Waals surface area contributed by atoms with Crippen molar-refractivity contribution in [2.45, 2.75) is 11.3 Å². The van der Waals surface area contributed by atoms with Gasteiger partial charge in [-0.2, -0.15) is 5.26 Å². The number of hydrogen-bond acceptors (Lipinski definition) is 4. The summed E-state index contributed by atoms with van der Waals surface area (Å²) in [7, 11) is 0. The first-order valence-electron chi connectivity index (χ1n) is 5.85. The number of rotatable bonds is 8. The van der Waals surface area contributed by atoms with Crippen LogP contribution in [-0.2, 0) is 4.79 Å². The van der Waals surface area contributed by atoms with Crippen LogP contribution in [0.2, 0.25) is 0 Å². The van der Waals surface area contributed by atoms with Gasteiger partial charge in [0.1, 0.15) is 0 Å². The number of nitrogens with zero attached hydrogens (tertiary/aromatic N) is 1. The van der Waals surface area contributed by atoms with Gasteiger partial charge in [-0.1, -0.05) is 18.2 Å². The molecular weight excluding hydrogens is 246 g/mol. The van der Waals surface area contributed by atoms with Crippen molar-refractivity contribution in [1.82, 2.24) is 10.6 Å². The maximum Gasteiger partial charge on any atom is 0.233 e. The van der Waals surface area contributed by atoms with Crippen LogP contribution in [0, 0.1) is 11.3 Å². The van der Waals surface area contributed by atoms with E-state index in [0.717, 1.165) is 12.3 Å². The number of amides is 1. The lowest BCUT2D eigenvalue weighted by atomic mass is 10.4. The molecule has 0 bridgehead atoms. The van der Waals surface area contributed by atoms with Crippen molar-refractivity contribution in [1.29, 1.82) is 5.26 Å². The molecule has 0 aromatic heterocycles. The molecule has 1 aromatic rings. The Hall–Kier alpha value is -1.51. The Morgan fingerprint density at radius 1 is 1.28 bits per heavy atom. The Labute approximate surface area is 112 Å². The summed E-state index contributed by atoms with van der Waals surface area (Å²) in [5, 5.41) is 14.0. The SMILES string of the molecule is N#CCCNC(=O)CNCCSc1ccccc1. The van der Waals surface area contributed by atoms with Crippen LogP contribution in [0.25, 0.3) is 0 Å². The molecule has 0 atom stereocenters. The number of carbonyl (C=O) groups is 1. The fraction of sp³-hybridized carbons (Fsp3) is 0.385. The van der Waals surface area contributed by atoms with E-state index in [4.69, 9.17) is 5.26 Å². The molecule has 0 heterocycles. The van der Waals surface area contributed by atoms with Crippen molar-refractivity contribution in [3.8, 4) is 6.07 Å². The molecule has 0 aliphatic heterocycles. The van der Waals surface area contributed by atoms with Gasteiger partial charge >= 0.3 is 0 Å². The Morgan fingerprint density at radius 3 is 2.78 bits per heavy atom. The molecule has 0 aliphatic rings. The quantitative estimate of drug-likeness (QED) is 0.549. The lowest BCUT2D eigenvalue weighted by Crippen LogP contribution is -2.35. The topological polar surface area (TPSA) is 64.9 Å². The van der Waals surface area contributed by atoms with Gasteiger partial charge < -0.3 is 10.6 Å². The molecule has 0 aliphatic carbocycles. The molecule has 4 nitrogen and oxygen atoms in total. The first kappa shape index (κ1) is 14.6. The van der Waals surface area contributed by atoms with Gasteiger partial charge in [0.25, 0.3) is 0 Å². The lowest BCUT2D eigenvalue weighted by Gasteiger charge is -2.05. The monoisotopic (exact) mass is 263 g/mol. The predicted molar refractivity (Wildman–Crippen MR) is 73.3 cm³/mol. The van der Waals surface area contributed by atoms with Crippen molar-refractivity contribution in [2.75, 3.05) is 25.4 Å². The van der Waals surface area contributed by atoms with Crippen molar-refractivity contribution in [3.05, 3.63) is 30.3 Å². The molecule has 0 unspecified atom stereocenters. The number of benzene rings is 1. The summed E-state index contributed by atoms with van der Waals surface area (Å²) in [5.41, 5.74) is 0. The smallest absolute Gasteiger partial charge is 0.233 e. The van der Waals surface area contributed by atoms with E-state index in [1.165, 1.54) is 4.90 Å². The molecular formula is C13H17N3OS. The van der Waals surface area contributed by atoms with E-state index in [0.29, 0.717) is 19.5 Å². The number of thioether (sulfide) groups is 1. The first-order chi connectivity index (χ1) is 8.83. The summed E-state index contributed by atoms with van der Waals surface area (Å²) in [6.45, 7) is 1.52. The van der Waals surface area contributed by atoms with Crippen molar-refractivity contribution in [2.24, 2.45) is 0 Å². The molecule has 5 heteroatoms. The van der Waals surface area contributed by atoms with E-state index in [2.05, 4.69) is 22.8 Å². The number of nitrogens with one attached hydrogen (secondary N) is 2. The average Bonchev–Trinajstić information content (AvgIpc) is 2.40. The maximum atomic E-state index is 11.3. The molecule has 96 valence electrons. The summed E-state index contributed by atoms with van der Waals surface area (Å²) >= 11 is 1.76.